The number of amides is 2. The molecular formula is C29H36FN5O. The van der Waals surface area contributed by atoms with E-state index in [0.717, 1.165) is 40.9 Å². The van der Waals surface area contributed by atoms with Crippen molar-refractivity contribution in [2.24, 2.45) is 5.73 Å². The summed E-state index contributed by atoms with van der Waals surface area (Å²) in [7, 11) is 0. The second-order valence-corrected chi connectivity index (χ2v) is 10.4. The average Bonchev–Trinajstić information content (AvgIpc) is 2.85. The van der Waals surface area contributed by atoms with Gasteiger partial charge in [-0.2, -0.15) is 0 Å². The summed E-state index contributed by atoms with van der Waals surface area (Å²) in [6.07, 6.45) is 5.44. The highest BCUT2D eigenvalue weighted by Gasteiger charge is 2.31. The van der Waals surface area contributed by atoms with Gasteiger partial charge < -0.3 is 10.6 Å². The van der Waals surface area contributed by atoms with Crippen LogP contribution in [0.4, 0.5) is 9.18 Å². The van der Waals surface area contributed by atoms with E-state index in [-0.39, 0.29) is 23.3 Å². The standard InChI is InChI=1S/C29H36FN5O/c1-20-16-21(2)26(33-17-20)18-35(24-11-14-34(15-12-24)28(31)36)19-27-25(6-5-13-32-27)29(3,4)22-7-9-23(30)10-8-22/h5-10,13,16-17,24H,11-12,14-15,18-19H2,1-4H3,(H2,31,36). The molecule has 4 rings (SSSR count). The molecule has 1 aliphatic rings. The average molecular weight is 490 g/mol. The summed E-state index contributed by atoms with van der Waals surface area (Å²) in [6.45, 7) is 11.1. The summed E-state index contributed by atoms with van der Waals surface area (Å²) in [6, 6.07) is 12.9. The van der Waals surface area contributed by atoms with Crippen LogP contribution >= 0.6 is 0 Å². The Kier molecular flexibility index (Phi) is 7.69. The quantitative estimate of drug-likeness (QED) is 0.501. The molecule has 36 heavy (non-hydrogen) atoms. The van der Waals surface area contributed by atoms with Crippen LogP contribution < -0.4 is 5.73 Å². The van der Waals surface area contributed by atoms with Gasteiger partial charge in [-0.15, -0.1) is 0 Å². The molecule has 7 heteroatoms. The maximum Gasteiger partial charge on any atom is 0.314 e. The van der Waals surface area contributed by atoms with Gasteiger partial charge in [0.1, 0.15) is 5.82 Å². The third-order valence-corrected chi connectivity index (χ3v) is 7.45. The topological polar surface area (TPSA) is 75.3 Å². The molecule has 0 radical (unpaired) electrons. The SMILES string of the molecule is Cc1cnc(CN(Cc2ncccc2C(C)(C)c2ccc(F)cc2)C2CCN(C(N)=O)CC2)c(C)c1. The van der Waals surface area contributed by atoms with E-state index < -0.39 is 0 Å². The van der Waals surface area contributed by atoms with Gasteiger partial charge in [-0.1, -0.05) is 38.1 Å². The minimum atomic E-state index is -0.357. The van der Waals surface area contributed by atoms with E-state index in [0.29, 0.717) is 26.2 Å². The lowest BCUT2D eigenvalue weighted by Crippen LogP contribution is -2.48. The molecule has 1 aliphatic heterocycles. The van der Waals surface area contributed by atoms with Gasteiger partial charge in [0.25, 0.3) is 0 Å². The molecular weight excluding hydrogens is 453 g/mol. The summed E-state index contributed by atoms with van der Waals surface area (Å²) in [5.74, 6) is -0.240. The Hall–Kier alpha value is -3.32. The van der Waals surface area contributed by atoms with Crippen molar-refractivity contribution in [2.45, 2.75) is 65.1 Å². The van der Waals surface area contributed by atoms with E-state index >= 15 is 0 Å². The van der Waals surface area contributed by atoms with Crippen molar-refractivity contribution in [1.82, 2.24) is 19.8 Å². The maximum atomic E-state index is 13.6. The molecule has 6 nitrogen and oxygen atoms in total. The summed E-state index contributed by atoms with van der Waals surface area (Å²) < 4.78 is 13.6. The van der Waals surface area contributed by atoms with Crippen molar-refractivity contribution >= 4 is 6.03 Å². The minimum Gasteiger partial charge on any atom is -0.351 e. The Balaban J connectivity index is 1.66. The second-order valence-electron chi connectivity index (χ2n) is 10.4. The van der Waals surface area contributed by atoms with Crippen LogP contribution in [0, 0.1) is 19.7 Å². The van der Waals surface area contributed by atoms with Crippen LogP contribution in [0.2, 0.25) is 0 Å². The Morgan fingerprint density at radius 2 is 1.75 bits per heavy atom. The molecule has 0 aliphatic carbocycles. The van der Waals surface area contributed by atoms with Crippen molar-refractivity contribution in [2.75, 3.05) is 13.1 Å². The Bertz CT molecular complexity index is 1200. The van der Waals surface area contributed by atoms with Crippen LogP contribution in [0.1, 0.15) is 60.3 Å². The lowest BCUT2D eigenvalue weighted by atomic mass is 9.77. The molecule has 1 saturated heterocycles. The highest BCUT2D eigenvalue weighted by atomic mass is 19.1. The fourth-order valence-electron chi connectivity index (χ4n) is 5.21. The zero-order valence-electron chi connectivity index (χ0n) is 21.7. The normalized spacial score (nSPS) is 14.9. The molecule has 3 heterocycles. The lowest BCUT2D eigenvalue weighted by Gasteiger charge is -2.39. The van der Waals surface area contributed by atoms with E-state index in [4.69, 9.17) is 15.7 Å². The van der Waals surface area contributed by atoms with Gasteiger partial charge in [0.2, 0.25) is 0 Å². The van der Waals surface area contributed by atoms with Gasteiger partial charge in [0.15, 0.2) is 0 Å². The van der Waals surface area contributed by atoms with Crippen molar-refractivity contribution in [3.63, 3.8) is 0 Å². The number of hydrogen-bond donors (Lipinski definition) is 1. The van der Waals surface area contributed by atoms with E-state index in [1.165, 1.54) is 17.7 Å². The number of aryl methyl sites for hydroxylation is 2. The zero-order valence-corrected chi connectivity index (χ0v) is 21.7. The molecule has 2 N–H and O–H groups in total. The van der Waals surface area contributed by atoms with Crippen LogP contribution in [0.5, 0.6) is 0 Å². The van der Waals surface area contributed by atoms with E-state index in [2.05, 4.69) is 44.7 Å². The van der Waals surface area contributed by atoms with Crippen LogP contribution in [0.3, 0.4) is 0 Å². The number of rotatable bonds is 7. The summed E-state index contributed by atoms with van der Waals surface area (Å²) in [5.41, 5.74) is 11.7. The number of aromatic nitrogens is 2. The maximum absolute atomic E-state index is 13.6. The smallest absolute Gasteiger partial charge is 0.314 e. The number of carbonyl (C=O) groups is 1. The van der Waals surface area contributed by atoms with Gasteiger partial charge in [0.05, 0.1) is 11.4 Å². The Morgan fingerprint density at radius 1 is 1.08 bits per heavy atom. The molecule has 2 amide bonds. The van der Waals surface area contributed by atoms with Gasteiger partial charge >= 0.3 is 6.03 Å². The monoisotopic (exact) mass is 489 g/mol. The first-order valence-electron chi connectivity index (χ1n) is 12.6. The van der Waals surface area contributed by atoms with Gasteiger partial charge in [-0.05, 0) is 67.1 Å². The number of pyridine rings is 2. The number of hydrogen-bond acceptors (Lipinski definition) is 4. The molecule has 1 fully saturated rings. The number of primary amides is 1. The number of benzene rings is 1. The van der Waals surface area contributed by atoms with E-state index in [9.17, 15) is 9.18 Å². The molecule has 1 aromatic carbocycles. The number of halogens is 1. The molecule has 2 aromatic heterocycles. The number of carbonyl (C=O) groups excluding carboxylic acids is 1. The predicted octanol–water partition coefficient (Wildman–Crippen LogP) is 5.10. The minimum absolute atomic E-state index is 0.240. The first kappa shape index (κ1) is 25.8. The van der Waals surface area contributed by atoms with Crippen molar-refractivity contribution in [3.05, 3.63) is 94.3 Å². The summed E-state index contributed by atoms with van der Waals surface area (Å²) in [5, 5.41) is 0. The van der Waals surface area contributed by atoms with Crippen LogP contribution in [-0.4, -0.2) is 44.9 Å². The molecule has 0 bridgehead atoms. The predicted molar refractivity (Wildman–Crippen MR) is 140 cm³/mol. The number of piperidine rings is 1. The third kappa shape index (κ3) is 5.73. The molecule has 0 unspecified atom stereocenters. The number of nitrogens with zero attached hydrogens (tertiary/aromatic N) is 4. The summed E-state index contributed by atoms with van der Waals surface area (Å²) in [4.78, 5) is 25.4. The number of urea groups is 1. The molecule has 0 atom stereocenters. The molecule has 190 valence electrons. The number of likely N-dealkylation sites (tertiary alicyclic amines) is 1. The fourth-order valence-corrected chi connectivity index (χ4v) is 5.21. The van der Waals surface area contributed by atoms with E-state index in [1.54, 1.807) is 4.90 Å². The summed E-state index contributed by atoms with van der Waals surface area (Å²) >= 11 is 0. The fraction of sp³-hybridized carbons (Fsp3) is 0.414. The highest BCUT2D eigenvalue weighted by Crippen LogP contribution is 2.34. The molecule has 0 spiro atoms. The van der Waals surface area contributed by atoms with Crippen molar-refractivity contribution in [3.8, 4) is 0 Å². The first-order valence-corrected chi connectivity index (χ1v) is 12.6. The van der Waals surface area contributed by atoms with Gasteiger partial charge in [0, 0.05) is 50.0 Å². The van der Waals surface area contributed by atoms with E-state index in [1.807, 2.05) is 30.6 Å². The Morgan fingerprint density at radius 3 is 2.39 bits per heavy atom. The Labute approximate surface area is 213 Å². The first-order chi connectivity index (χ1) is 17.1. The molecule has 3 aromatic rings. The van der Waals surface area contributed by atoms with Crippen LogP contribution in [0.25, 0.3) is 0 Å². The van der Waals surface area contributed by atoms with Gasteiger partial charge in [-0.25, -0.2) is 9.18 Å². The van der Waals surface area contributed by atoms with Crippen molar-refractivity contribution < 1.29 is 9.18 Å². The third-order valence-electron chi connectivity index (χ3n) is 7.45. The second kappa shape index (κ2) is 10.7. The van der Waals surface area contributed by atoms with Crippen LogP contribution in [0.15, 0.2) is 54.9 Å². The largest absolute Gasteiger partial charge is 0.351 e. The lowest BCUT2D eigenvalue weighted by molar-refractivity contribution is 0.105. The molecule has 0 saturated carbocycles. The zero-order chi connectivity index (χ0) is 25.9. The highest BCUT2D eigenvalue weighted by molar-refractivity contribution is 5.72. The van der Waals surface area contributed by atoms with Crippen LogP contribution in [-0.2, 0) is 18.5 Å². The van der Waals surface area contributed by atoms with Crippen molar-refractivity contribution in [1.29, 1.82) is 0 Å². The van der Waals surface area contributed by atoms with Gasteiger partial charge in [-0.3, -0.25) is 14.9 Å². The number of nitrogens with two attached hydrogens (primary N) is 1.